The van der Waals surface area contributed by atoms with E-state index in [1.165, 1.54) is 18.3 Å². The fraction of sp³-hybridized carbons (Fsp3) is 0.143. The summed E-state index contributed by atoms with van der Waals surface area (Å²) in [4.78, 5) is 12.9. The van der Waals surface area contributed by atoms with E-state index in [4.69, 9.17) is 0 Å². The van der Waals surface area contributed by atoms with Crippen molar-refractivity contribution in [2.24, 2.45) is 0 Å². The van der Waals surface area contributed by atoms with Crippen LogP contribution in [0.4, 0.5) is 10.1 Å². The summed E-state index contributed by atoms with van der Waals surface area (Å²) in [5, 5.41) is 16.2. The summed E-state index contributed by atoms with van der Waals surface area (Å²) in [6.45, 7) is 4.22. The van der Waals surface area contributed by atoms with Crippen molar-refractivity contribution < 1.29 is 9.18 Å². The molecule has 28 heavy (non-hydrogen) atoms. The summed E-state index contributed by atoms with van der Waals surface area (Å²) in [6, 6.07) is 13.7. The van der Waals surface area contributed by atoms with Gasteiger partial charge < -0.3 is 5.32 Å². The standard InChI is InChI=1S/C21H18FN5O/c1-13-20(14(2)27(26-13)12-15-7-9-16(22)10-8-15)24-21(28)18-11-23-25-19-6-4-3-5-17(18)19/h3-11H,12H2,1-2H3,(H,24,28). The number of aryl methyl sites for hydroxylation is 1. The number of benzene rings is 2. The fourth-order valence-corrected chi connectivity index (χ4v) is 3.16. The Bertz CT molecular complexity index is 1160. The average molecular weight is 375 g/mol. The van der Waals surface area contributed by atoms with E-state index in [0.717, 1.165) is 16.6 Å². The largest absolute Gasteiger partial charge is 0.319 e. The van der Waals surface area contributed by atoms with E-state index in [1.54, 1.807) is 16.8 Å². The van der Waals surface area contributed by atoms with Crippen LogP contribution in [-0.2, 0) is 6.54 Å². The van der Waals surface area contributed by atoms with Crippen molar-refractivity contribution in [2.45, 2.75) is 20.4 Å². The Morgan fingerprint density at radius 2 is 1.86 bits per heavy atom. The van der Waals surface area contributed by atoms with Gasteiger partial charge in [-0.25, -0.2) is 4.39 Å². The van der Waals surface area contributed by atoms with Crippen LogP contribution in [0.1, 0.15) is 27.3 Å². The Morgan fingerprint density at radius 3 is 2.64 bits per heavy atom. The normalized spacial score (nSPS) is 11.0. The SMILES string of the molecule is Cc1nn(Cc2ccc(F)cc2)c(C)c1NC(=O)c1cnnc2ccccc12. The molecular formula is C21H18FN5O. The van der Waals surface area contributed by atoms with Crippen molar-refractivity contribution in [1.82, 2.24) is 20.0 Å². The van der Waals surface area contributed by atoms with Crippen LogP contribution in [0.5, 0.6) is 0 Å². The molecular weight excluding hydrogens is 357 g/mol. The third kappa shape index (κ3) is 3.34. The van der Waals surface area contributed by atoms with Crippen LogP contribution in [0.2, 0.25) is 0 Å². The van der Waals surface area contributed by atoms with Gasteiger partial charge in [-0.1, -0.05) is 30.3 Å². The van der Waals surface area contributed by atoms with Crippen molar-refractivity contribution >= 4 is 22.5 Å². The molecule has 4 aromatic rings. The van der Waals surface area contributed by atoms with Gasteiger partial charge in [0.15, 0.2) is 0 Å². The number of fused-ring (bicyclic) bond motifs is 1. The second-order valence-corrected chi connectivity index (χ2v) is 6.56. The predicted octanol–water partition coefficient (Wildman–Crippen LogP) is 3.88. The molecule has 1 amide bonds. The first-order valence-corrected chi connectivity index (χ1v) is 8.83. The average Bonchev–Trinajstić information content (AvgIpc) is 2.96. The molecule has 6 nitrogen and oxygen atoms in total. The molecule has 0 saturated heterocycles. The number of amides is 1. The smallest absolute Gasteiger partial charge is 0.258 e. The highest BCUT2D eigenvalue weighted by Gasteiger charge is 2.17. The van der Waals surface area contributed by atoms with Crippen LogP contribution >= 0.6 is 0 Å². The number of carbonyl (C=O) groups is 1. The van der Waals surface area contributed by atoms with Gasteiger partial charge in [-0.05, 0) is 37.6 Å². The number of anilines is 1. The molecule has 0 unspecified atom stereocenters. The lowest BCUT2D eigenvalue weighted by Gasteiger charge is -2.08. The number of hydrogen-bond acceptors (Lipinski definition) is 4. The Kier molecular flexibility index (Phi) is 4.57. The third-order valence-corrected chi connectivity index (χ3v) is 4.66. The van der Waals surface area contributed by atoms with Crippen molar-refractivity contribution in [3.63, 3.8) is 0 Å². The Hall–Kier alpha value is -3.61. The van der Waals surface area contributed by atoms with Crippen molar-refractivity contribution in [3.8, 4) is 0 Å². The topological polar surface area (TPSA) is 72.7 Å². The zero-order valence-electron chi connectivity index (χ0n) is 15.5. The first kappa shape index (κ1) is 17.8. The van der Waals surface area contributed by atoms with Crippen LogP contribution < -0.4 is 5.32 Å². The van der Waals surface area contributed by atoms with Crippen LogP contribution in [0, 0.1) is 19.7 Å². The van der Waals surface area contributed by atoms with Gasteiger partial charge in [0.1, 0.15) is 5.82 Å². The first-order chi connectivity index (χ1) is 13.5. The second-order valence-electron chi connectivity index (χ2n) is 6.56. The lowest BCUT2D eigenvalue weighted by Crippen LogP contribution is -2.14. The third-order valence-electron chi connectivity index (χ3n) is 4.66. The zero-order valence-corrected chi connectivity index (χ0v) is 15.5. The summed E-state index contributed by atoms with van der Waals surface area (Å²) in [5.41, 5.74) is 4.23. The van der Waals surface area contributed by atoms with Crippen LogP contribution in [0.3, 0.4) is 0 Å². The molecule has 7 heteroatoms. The summed E-state index contributed by atoms with van der Waals surface area (Å²) < 4.78 is 14.9. The van der Waals surface area contributed by atoms with E-state index in [0.29, 0.717) is 29.0 Å². The van der Waals surface area contributed by atoms with Gasteiger partial charge in [0.2, 0.25) is 0 Å². The van der Waals surface area contributed by atoms with Crippen LogP contribution in [0.25, 0.3) is 10.9 Å². The van der Waals surface area contributed by atoms with Gasteiger partial charge in [-0.15, -0.1) is 0 Å². The molecule has 0 aliphatic heterocycles. The Labute approximate surface area is 161 Å². The lowest BCUT2D eigenvalue weighted by molar-refractivity contribution is 0.102. The molecule has 0 aliphatic rings. The quantitative estimate of drug-likeness (QED) is 0.587. The fourth-order valence-electron chi connectivity index (χ4n) is 3.16. The number of aromatic nitrogens is 4. The molecule has 0 aliphatic carbocycles. The molecule has 0 atom stereocenters. The minimum atomic E-state index is -0.275. The molecule has 1 N–H and O–H groups in total. The molecule has 0 spiro atoms. The number of nitrogens with zero attached hydrogens (tertiary/aromatic N) is 4. The number of halogens is 1. The van der Waals surface area contributed by atoms with E-state index in [2.05, 4.69) is 20.6 Å². The lowest BCUT2D eigenvalue weighted by atomic mass is 10.1. The number of rotatable bonds is 4. The van der Waals surface area contributed by atoms with Crippen LogP contribution in [-0.4, -0.2) is 25.9 Å². The maximum absolute atomic E-state index is 13.1. The van der Waals surface area contributed by atoms with Gasteiger partial charge in [0.05, 0.1) is 40.9 Å². The number of carbonyl (C=O) groups excluding carboxylic acids is 1. The molecule has 2 aromatic carbocycles. The number of nitrogens with one attached hydrogen (secondary N) is 1. The minimum Gasteiger partial charge on any atom is -0.319 e. The maximum Gasteiger partial charge on any atom is 0.258 e. The summed E-state index contributed by atoms with van der Waals surface area (Å²) in [6.07, 6.45) is 1.46. The molecule has 0 bridgehead atoms. The van der Waals surface area contributed by atoms with E-state index >= 15 is 0 Å². The van der Waals surface area contributed by atoms with Gasteiger partial charge in [0, 0.05) is 5.39 Å². The highest BCUT2D eigenvalue weighted by atomic mass is 19.1. The highest BCUT2D eigenvalue weighted by molar-refractivity contribution is 6.12. The van der Waals surface area contributed by atoms with Gasteiger partial charge in [-0.2, -0.15) is 15.3 Å². The van der Waals surface area contributed by atoms with E-state index < -0.39 is 0 Å². The summed E-state index contributed by atoms with van der Waals surface area (Å²) in [5.74, 6) is -0.540. The maximum atomic E-state index is 13.1. The van der Waals surface area contributed by atoms with Crippen molar-refractivity contribution in [1.29, 1.82) is 0 Å². The van der Waals surface area contributed by atoms with Crippen molar-refractivity contribution in [2.75, 3.05) is 5.32 Å². The minimum absolute atomic E-state index is 0.265. The molecule has 0 radical (unpaired) electrons. The number of hydrogen-bond donors (Lipinski definition) is 1. The molecule has 140 valence electrons. The van der Waals surface area contributed by atoms with E-state index in [-0.39, 0.29) is 11.7 Å². The summed E-state index contributed by atoms with van der Waals surface area (Å²) in [7, 11) is 0. The Balaban J connectivity index is 1.62. The van der Waals surface area contributed by atoms with Crippen molar-refractivity contribution in [3.05, 3.63) is 83.1 Å². The van der Waals surface area contributed by atoms with E-state index in [9.17, 15) is 9.18 Å². The van der Waals surface area contributed by atoms with E-state index in [1.807, 2.05) is 38.1 Å². The monoisotopic (exact) mass is 375 g/mol. The molecule has 2 aromatic heterocycles. The van der Waals surface area contributed by atoms with Crippen LogP contribution in [0.15, 0.2) is 54.7 Å². The molecule has 0 saturated carbocycles. The van der Waals surface area contributed by atoms with Gasteiger partial charge in [-0.3, -0.25) is 9.48 Å². The van der Waals surface area contributed by atoms with Gasteiger partial charge in [0.25, 0.3) is 5.91 Å². The highest BCUT2D eigenvalue weighted by Crippen LogP contribution is 2.23. The summed E-state index contributed by atoms with van der Waals surface area (Å²) >= 11 is 0. The molecule has 2 heterocycles. The Morgan fingerprint density at radius 1 is 1.11 bits per heavy atom. The zero-order chi connectivity index (χ0) is 19.7. The molecule has 0 fully saturated rings. The van der Waals surface area contributed by atoms with Gasteiger partial charge >= 0.3 is 0 Å². The predicted molar refractivity (Wildman–Crippen MR) is 105 cm³/mol. The first-order valence-electron chi connectivity index (χ1n) is 8.83. The second kappa shape index (κ2) is 7.19. The molecule has 4 rings (SSSR count).